The quantitative estimate of drug-likeness (QED) is 0.571. The summed E-state index contributed by atoms with van der Waals surface area (Å²) in [5.74, 6) is 0.193. The third kappa shape index (κ3) is 5.78. The Hall–Kier alpha value is -2.94. The van der Waals surface area contributed by atoms with Gasteiger partial charge in [0.1, 0.15) is 0 Å². The second-order valence-corrected chi connectivity index (χ2v) is 6.88. The van der Waals surface area contributed by atoms with Gasteiger partial charge in [-0.1, -0.05) is 60.7 Å². The number of carbonyl (C=O) groups excluding carboxylic acids is 1. The molecule has 0 saturated carbocycles. The summed E-state index contributed by atoms with van der Waals surface area (Å²) in [6, 6.07) is 22.5. The van der Waals surface area contributed by atoms with E-state index in [0.29, 0.717) is 19.5 Å². The molecule has 0 fully saturated rings. The Morgan fingerprint density at radius 1 is 0.889 bits per heavy atom. The zero-order chi connectivity index (χ0) is 18.9. The molecule has 138 valence electrons. The van der Waals surface area contributed by atoms with Crippen LogP contribution in [0.4, 0.5) is 0 Å². The van der Waals surface area contributed by atoms with Crippen molar-refractivity contribution in [2.24, 2.45) is 0 Å². The Bertz CT molecular complexity index is 847. The third-order valence-electron chi connectivity index (χ3n) is 4.77. The van der Waals surface area contributed by atoms with E-state index in [-0.39, 0.29) is 5.91 Å². The van der Waals surface area contributed by atoms with E-state index in [4.69, 9.17) is 0 Å². The second kappa shape index (κ2) is 9.67. The van der Waals surface area contributed by atoms with Crippen molar-refractivity contribution in [2.45, 2.75) is 39.3 Å². The van der Waals surface area contributed by atoms with Crippen molar-refractivity contribution in [1.29, 1.82) is 0 Å². The monoisotopic (exact) mass is 358 g/mol. The summed E-state index contributed by atoms with van der Waals surface area (Å²) in [7, 11) is 0. The first kappa shape index (κ1) is 18.8. The summed E-state index contributed by atoms with van der Waals surface area (Å²) in [5.41, 5.74) is 4.74. The van der Waals surface area contributed by atoms with Crippen LogP contribution < -0.4 is 0 Å². The highest BCUT2D eigenvalue weighted by Crippen LogP contribution is 2.15. The van der Waals surface area contributed by atoms with Gasteiger partial charge < -0.3 is 4.90 Å². The van der Waals surface area contributed by atoms with Gasteiger partial charge in [-0.2, -0.15) is 0 Å². The highest BCUT2D eigenvalue weighted by molar-refractivity contribution is 5.76. The molecule has 0 aliphatic heterocycles. The van der Waals surface area contributed by atoms with Gasteiger partial charge in [-0.25, -0.2) is 0 Å². The molecule has 0 bridgehead atoms. The summed E-state index contributed by atoms with van der Waals surface area (Å²) in [6.45, 7) is 3.32. The molecule has 1 heterocycles. The molecule has 0 aliphatic rings. The molecule has 3 nitrogen and oxygen atoms in total. The van der Waals surface area contributed by atoms with Crippen molar-refractivity contribution >= 4 is 5.91 Å². The number of aryl methyl sites for hydroxylation is 2. The lowest BCUT2D eigenvalue weighted by atomic mass is 10.1. The van der Waals surface area contributed by atoms with Crippen molar-refractivity contribution in [3.63, 3.8) is 0 Å². The van der Waals surface area contributed by atoms with Crippen LogP contribution in [0.2, 0.25) is 0 Å². The zero-order valence-electron chi connectivity index (χ0n) is 15.8. The predicted molar refractivity (Wildman–Crippen MR) is 109 cm³/mol. The lowest BCUT2D eigenvalue weighted by Crippen LogP contribution is -2.30. The van der Waals surface area contributed by atoms with E-state index in [1.54, 1.807) is 6.20 Å². The van der Waals surface area contributed by atoms with E-state index in [0.717, 1.165) is 18.4 Å². The molecule has 0 N–H and O–H groups in total. The van der Waals surface area contributed by atoms with Gasteiger partial charge >= 0.3 is 0 Å². The van der Waals surface area contributed by atoms with Crippen molar-refractivity contribution in [3.8, 4) is 0 Å². The Morgan fingerprint density at radius 2 is 1.63 bits per heavy atom. The van der Waals surface area contributed by atoms with Gasteiger partial charge in [0.05, 0.1) is 0 Å². The predicted octanol–water partition coefficient (Wildman–Crippen LogP) is 4.94. The van der Waals surface area contributed by atoms with Crippen molar-refractivity contribution in [1.82, 2.24) is 9.88 Å². The zero-order valence-corrected chi connectivity index (χ0v) is 15.8. The molecule has 3 rings (SSSR count). The van der Waals surface area contributed by atoms with Gasteiger partial charge in [-0.05, 0) is 48.1 Å². The summed E-state index contributed by atoms with van der Waals surface area (Å²) >= 11 is 0. The van der Waals surface area contributed by atoms with E-state index in [1.165, 1.54) is 16.7 Å². The highest BCUT2D eigenvalue weighted by Gasteiger charge is 2.15. The van der Waals surface area contributed by atoms with Crippen LogP contribution in [0.15, 0.2) is 79.1 Å². The minimum absolute atomic E-state index is 0.193. The van der Waals surface area contributed by atoms with Crippen molar-refractivity contribution < 1.29 is 4.79 Å². The number of carbonyl (C=O) groups is 1. The molecule has 2 aromatic carbocycles. The molecule has 3 aromatic rings. The van der Waals surface area contributed by atoms with Crippen LogP contribution in [0.5, 0.6) is 0 Å². The minimum Gasteiger partial charge on any atom is -0.334 e. The largest absolute Gasteiger partial charge is 0.334 e. The van der Waals surface area contributed by atoms with E-state index in [2.05, 4.69) is 36.2 Å². The van der Waals surface area contributed by atoms with Crippen molar-refractivity contribution in [2.75, 3.05) is 0 Å². The van der Waals surface area contributed by atoms with Gasteiger partial charge in [0.2, 0.25) is 5.91 Å². The molecular formula is C24H26N2O. The first-order valence-corrected chi connectivity index (χ1v) is 9.47. The molecule has 3 heteroatoms. The standard InChI is InChI=1S/C24H26N2O/c1-20-9-5-6-14-23(20)19-26(18-22-13-8-16-25-17-22)24(27)15-7-12-21-10-3-2-4-11-21/h2-6,8-11,13-14,16-17H,7,12,15,18-19H2,1H3. The van der Waals surface area contributed by atoms with Gasteiger partial charge in [0.15, 0.2) is 0 Å². The van der Waals surface area contributed by atoms with E-state index >= 15 is 0 Å². The first-order valence-electron chi connectivity index (χ1n) is 9.47. The number of benzene rings is 2. The maximum absolute atomic E-state index is 13.0. The lowest BCUT2D eigenvalue weighted by Gasteiger charge is -2.24. The molecule has 0 spiro atoms. The number of aromatic nitrogens is 1. The number of hydrogen-bond acceptors (Lipinski definition) is 2. The molecule has 0 aliphatic carbocycles. The average molecular weight is 358 g/mol. The number of rotatable bonds is 8. The SMILES string of the molecule is Cc1ccccc1CN(Cc1cccnc1)C(=O)CCCc1ccccc1. The maximum atomic E-state index is 13.0. The second-order valence-electron chi connectivity index (χ2n) is 6.88. The van der Waals surface area contributed by atoms with Crippen LogP contribution in [0.3, 0.4) is 0 Å². The van der Waals surface area contributed by atoms with Gasteiger partial charge in [0.25, 0.3) is 0 Å². The molecule has 1 aromatic heterocycles. The molecule has 0 saturated heterocycles. The summed E-state index contributed by atoms with van der Waals surface area (Å²) in [6.07, 6.45) is 5.94. The van der Waals surface area contributed by atoms with Gasteiger partial charge in [-0.15, -0.1) is 0 Å². The van der Waals surface area contributed by atoms with Crippen LogP contribution in [0.25, 0.3) is 0 Å². The fourth-order valence-corrected chi connectivity index (χ4v) is 3.18. The molecular weight excluding hydrogens is 332 g/mol. The minimum atomic E-state index is 0.193. The fourth-order valence-electron chi connectivity index (χ4n) is 3.18. The maximum Gasteiger partial charge on any atom is 0.223 e. The van der Waals surface area contributed by atoms with Crippen molar-refractivity contribution in [3.05, 3.63) is 101 Å². The van der Waals surface area contributed by atoms with Gasteiger partial charge in [0, 0.05) is 31.9 Å². The average Bonchev–Trinajstić information content (AvgIpc) is 2.70. The molecule has 0 unspecified atom stereocenters. The Labute approximate surface area is 161 Å². The van der Waals surface area contributed by atoms with E-state index < -0.39 is 0 Å². The first-order chi connectivity index (χ1) is 13.2. The van der Waals surface area contributed by atoms with Crippen LogP contribution >= 0.6 is 0 Å². The molecule has 0 radical (unpaired) electrons. The molecule has 0 atom stereocenters. The molecule has 1 amide bonds. The number of nitrogens with zero attached hydrogens (tertiary/aromatic N) is 2. The number of pyridine rings is 1. The topological polar surface area (TPSA) is 33.2 Å². The Balaban J connectivity index is 1.66. The summed E-state index contributed by atoms with van der Waals surface area (Å²) in [5, 5.41) is 0. The van der Waals surface area contributed by atoms with Gasteiger partial charge in [-0.3, -0.25) is 9.78 Å². The third-order valence-corrected chi connectivity index (χ3v) is 4.77. The van der Waals surface area contributed by atoms with Crippen LogP contribution in [-0.4, -0.2) is 15.8 Å². The number of hydrogen-bond donors (Lipinski definition) is 0. The Kier molecular flexibility index (Phi) is 6.75. The van der Waals surface area contributed by atoms with Crippen LogP contribution in [0.1, 0.15) is 35.1 Å². The fraction of sp³-hybridized carbons (Fsp3) is 0.250. The molecule has 27 heavy (non-hydrogen) atoms. The number of amides is 1. The lowest BCUT2D eigenvalue weighted by molar-refractivity contribution is -0.132. The summed E-state index contributed by atoms with van der Waals surface area (Å²) in [4.78, 5) is 19.1. The highest BCUT2D eigenvalue weighted by atomic mass is 16.2. The summed E-state index contributed by atoms with van der Waals surface area (Å²) < 4.78 is 0. The van der Waals surface area contributed by atoms with Crippen LogP contribution in [-0.2, 0) is 24.3 Å². The van der Waals surface area contributed by atoms with E-state index in [9.17, 15) is 4.79 Å². The van der Waals surface area contributed by atoms with Crippen LogP contribution in [0, 0.1) is 6.92 Å². The normalized spacial score (nSPS) is 10.6. The Morgan fingerprint density at radius 3 is 2.37 bits per heavy atom. The smallest absolute Gasteiger partial charge is 0.223 e. The van der Waals surface area contributed by atoms with E-state index in [1.807, 2.05) is 53.6 Å².